The van der Waals surface area contributed by atoms with Gasteiger partial charge >= 0.3 is 11.9 Å². The van der Waals surface area contributed by atoms with E-state index in [1.54, 1.807) is 13.8 Å². The molecule has 5 heteroatoms. The fourth-order valence-electron chi connectivity index (χ4n) is 1.51. The highest BCUT2D eigenvalue weighted by molar-refractivity contribution is 5.77. The van der Waals surface area contributed by atoms with E-state index in [4.69, 9.17) is 15.9 Å². The minimum atomic E-state index is -1.08. The Morgan fingerprint density at radius 2 is 1.26 bits per heavy atom. The monoisotopic (exact) mass is 331 g/mol. The molecule has 0 radical (unpaired) electrons. The minimum Gasteiger partial charge on any atom is -0.481 e. The largest absolute Gasteiger partial charge is 0.481 e. The summed E-state index contributed by atoms with van der Waals surface area (Å²) in [5, 5.41) is 17.3. The molecule has 0 aromatic heterocycles. The maximum Gasteiger partial charge on any atom is 0.323 e. The van der Waals surface area contributed by atoms with Crippen LogP contribution >= 0.6 is 0 Å². The molecule has 0 amide bonds. The van der Waals surface area contributed by atoms with Gasteiger partial charge in [0.05, 0.1) is 5.92 Å². The zero-order valence-corrected chi connectivity index (χ0v) is 16.2. The Kier molecular flexibility index (Phi) is 9.72. The summed E-state index contributed by atoms with van der Waals surface area (Å²) in [4.78, 5) is 21.0. The van der Waals surface area contributed by atoms with Gasteiger partial charge in [-0.15, -0.1) is 0 Å². The zero-order valence-electron chi connectivity index (χ0n) is 16.2. The van der Waals surface area contributed by atoms with Crippen molar-refractivity contribution in [1.82, 2.24) is 0 Å². The summed E-state index contributed by atoms with van der Waals surface area (Å²) < 4.78 is 0. The fraction of sp³-hybridized carbons (Fsp3) is 0.889. The molecule has 0 aliphatic rings. The molecule has 5 nitrogen and oxygen atoms in total. The third-order valence-electron chi connectivity index (χ3n) is 3.63. The average Bonchev–Trinajstić information content (AvgIpc) is 2.32. The SMILES string of the molecule is CC(C)(C)CC[C@](C)(N)C(=O)O.CC(CCC(C)(C)C)C(=O)O. The van der Waals surface area contributed by atoms with Crippen molar-refractivity contribution in [2.45, 2.75) is 86.6 Å². The van der Waals surface area contributed by atoms with E-state index in [2.05, 4.69) is 41.5 Å². The van der Waals surface area contributed by atoms with Gasteiger partial charge in [0.2, 0.25) is 0 Å². The molecule has 0 aromatic rings. The third kappa shape index (κ3) is 15.6. The lowest BCUT2D eigenvalue weighted by Crippen LogP contribution is -2.45. The first-order chi connectivity index (χ1) is 9.98. The standard InChI is InChI=1S/C9H19NO2.C9H18O2/c1-8(2,3)5-6-9(4,10)7(11)12;1-7(8(10)11)5-6-9(2,3)4/h5-6,10H2,1-4H3,(H,11,12);7H,5-6H2,1-4H3,(H,10,11)/t9-;/m0./s1. The molecule has 2 atom stereocenters. The second-order valence-corrected chi connectivity index (χ2v) is 9.12. The van der Waals surface area contributed by atoms with Crippen molar-refractivity contribution < 1.29 is 19.8 Å². The van der Waals surface area contributed by atoms with Gasteiger partial charge in [-0.1, -0.05) is 48.5 Å². The van der Waals surface area contributed by atoms with Crippen LogP contribution in [0.15, 0.2) is 0 Å². The number of hydrogen-bond donors (Lipinski definition) is 3. The van der Waals surface area contributed by atoms with Crippen molar-refractivity contribution >= 4 is 11.9 Å². The predicted octanol–water partition coefficient (Wildman–Crippen LogP) is 4.15. The number of hydrogen-bond acceptors (Lipinski definition) is 3. The van der Waals surface area contributed by atoms with Crippen LogP contribution in [-0.2, 0) is 9.59 Å². The lowest BCUT2D eigenvalue weighted by Gasteiger charge is -2.24. The molecule has 4 N–H and O–H groups in total. The molecule has 0 saturated heterocycles. The second-order valence-electron chi connectivity index (χ2n) is 9.12. The van der Waals surface area contributed by atoms with Crippen molar-refractivity contribution in [3.8, 4) is 0 Å². The van der Waals surface area contributed by atoms with Gasteiger partial charge in [-0.05, 0) is 43.4 Å². The molecule has 0 spiro atoms. The van der Waals surface area contributed by atoms with Gasteiger partial charge in [0, 0.05) is 0 Å². The van der Waals surface area contributed by atoms with Gasteiger partial charge in [0.25, 0.3) is 0 Å². The molecule has 0 bridgehead atoms. The molecular formula is C18H37NO4. The van der Waals surface area contributed by atoms with Crippen LogP contribution < -0.4 is 5.73 Å². The van der Waals surface area contributed by atoms with Crippen LogP contribution in [0, 0.1) is 16.7 Å². The van der Waals surface area contributed by atoms with E-state index < -0.39 is 17.5 Å². The quantitative estimate of drug-likeness (QED) is 0.679. The molecule has 0 aliphatic carbocycles. The Morgan fingerprint density at radius 1 is 0.870 bits per heavy atom. The number of carboxylic acid groups (broad SMARTS) is 2. The second kappa shape index (κ2) is 9.26. The van der Waals surface area contributed by atoms with Crippen molar-refractivity contribution in [2.75, 3.05) is 0 Å². The fourth-order valence-corrected chi connectivity index (χ4v) is 1.51. The molecule has 0 rings (SSSR count). The summed E-state index contributed by atoms with van der Waals surface area (Å²) in [5.74, 6) is -1.81. The summed E-state index contributed by atoms with van der Waals surface area (Å²) in [6.07, 6.45) is 3.09. The van der Waals surface area contributed by atoms with E-state index >= 15 is 0 Å². The predicted molar refractivity (Wildman–Crippen MR) is 94.4 cm³/mol. The number of nitrogens with two attached hydrogens (primary N) is 1. The van der Waals surface area contributed by atoms with Crippen LogP contribution in [-0.4, -0.2) is 27.7 Å². The van der Waals surface area contributed by atoms with Crippen molar-refractivity contribution in [3.63, 3.8) is 0 Å². The molecule has 0 saturated carbocycles. The Bertz CT molecular complexity index is 375. The lowest BCUT2D eigenvalue weighted by atomic mass is 9.84. The van der Waals surface area contributed by atoms with E-state index in [9.17, 15) is 9.59 Å². The molecule has 0 aromatic carbocycles. The van der Waals surface area contributed by atoms with Gasteiger partial charge in [-0.3, -0.25) is 9.59 Å². The van der Waals surface area contributed by atoms with E-state index in [1.165, 1.54) is 0 Å². The van der Waals surface area contributed by atoms with Gasteiger partial charge in [0.15, 0.2) is 0 Å². The van der Waals surface area contributed by atoms with Crippen molar-refractivity contribution in [2.24, 2.45) is 22.5 Å². The topological polar surface area (TPSA) is 101 Å². The zero-order chi connectivity index (χ0) is 19.1. The molecule has 0 fully saturated rings. The van der Waals surface area contributed by atoms with E-state index in [0.29, 0.717) is 6.42 Å². The molecule has 138 valence electrons. The van der Waals surface area contributed by atoms with Gasteiger partial charge < -0.3 is 15.9 Å². The van der Waals surface area contributed by atoms with Gasteiger partial charge in [-0.25, -0.2) is 0 Å². The summed E-state index contributed by atoms with van der Waals surface area (Å²) >= 11 is 0. The smallest absolute Gasteiger partial charge is 0.323 e. The lowest BCUT2D eigenvalue weighted by molar-refractivity contribution is -0.143. The van der Waals surface area contributed by atoms with Crippen LogP contribution in [0.25, 0.3) is 0 Å². The highest BCUT2D eigenvalue weighted by Gasteiger charge is 2.29. The van der Waals surface area contributed by atoms with Crippen LogP contribution in [0.3, 0.4) is 0 Å². The summed E-state index contributed by atoms with van der Waals surface area (Å²) in [6.45, 7) is 15.9. The summed E-state index contributed by atoms with van der Waals surface area (Å²) in [5.41, 5.74) is 4.89. The van der Waals surface area contributed by atoms with Crippen molar-refractivity contribution in [1.29, 1.82) is 0 Å². The average molecular weight is 331 g/mol. The molecular weight excluding hydrogens is 294 g/mol. The maximum atomic E-state index is 10.6. The van der Waals surface area contributed by atoms with E-state index in [1.807, 2.05) is 0 Å². The van der Waals surface area contributed by atoms with Gasteiger partial charge in [-0.2, -0.15) is 0 Å². The number of aliphatic carboxylic acids is 2. The Labute approximate surface area is 141 Å². The highest BCUT2D eigenvalue weighted by atomic mass is 16.4. The van der Waals surface area contributed by atoms with E-state index in [0.717, 1.165) is 19.3 Å². The van der Waals surface area contributed by atoms with E-state index in [-0.39, 0.29) is 16.7 Å². The Morgan fingerprint density at radius 3 is 1.52 bits per heavy atom. The first-order valence-corrected chi connectivity index (χ1v) is 8.23. The number of rotatable bonds is 6. The number of carbonyl (C=O) groups is 2. The van der Waals surface area contributed by atoms with Crippen LogP contribution in [0.4, 0.5) is 0 Å². The first kappa shape index (κ1) is 24.2. The molecule has 23 heavy (non-hydrogen) atoms. The molecule has 0 heterocycles. The van der Waals surface area contributed by atoms with Crippen molar-refractivity contribution in [3.05, 3.63) is 0 Å². The third-order valence-corrected chi connectivity index (χ3v) is 3.63. The molecule has 1 unspecified atom stereocenters. The highest BCUT2D eigenvalue weighted by Crippen LogP contribution is 2.24. The molecule has 0 aliphatic heterocycles. The Hall–Kier alpha value is -1.10. The van der Waals surface area contributed by atoms with Crippen LogP contribution in [0.5, 0.6) is 0 Å². The van der Waals surface area contributed by atoms with Gasteiger partial charge in [0.1, 0.15) is 5.54 Å². The first-order valence-electron chi connectivity index (χ1n) is 8.23. The summed E-state index contributed by atoms with van der Waals surface area (Å²) in [6, 6.07) is 0. The van der Waals surface area contributed by atoms with Crippen LogP contribution in [0.1, 0.15) is 81.1 Å². The van der Waals surface area contributed by atoms with Crippen LogP contribution in [0.2, 0.25) is 0 Å². The minimum absolute atomic E-state index is 0.149. The number of carboxylic acids is 2. The Balaban J connectivity index is 0. The normalized spacial score (nSPS) is 15.9. The maximum absolute atomic E-state index is 10.6. The summed E-state index contributed by atoms with van der Waals surface area (Å²) in [7, 11) is 0.